The van der Waals surface area contributed by atoms with Gasteiger partial charge in [-0.1, -0.05) is 12.1 Å². The maximum absolute atomic E-state index is 11.5. The van der Waals surface area contributed by atoms with E-state index in [1.54, 1.807) is 23.2 Å². The van der Waals surface area contributed by atoms with Crippen molar-refractivity contribution in [2.24, 2.45) is 0 Å². The predicted molar refractivity (Wildman–Crippen MR) is 65.2 cm³/mol. The van der Waals surface area contributed by atoms with Crippen LogP contribution in [0.1, 0.15) is 5.56 Å². The highest BCUT2D eigenvalue weighted by Gasteiger charge is 2.14. The fourth-order valence-corrected chi connectivity index (χ4v) is 2.10. The second kappa shape index (κ2) is 5.01. The number of hydrogen-bond donors (Lipinski definition) is 0. The molecule has 0 aliphatic carbocycles. The lowest BCUT2D eigenvalue weighted by molar-refractivity contribution is -0.384. The molecular weight excluding hydrogens is 240 g/mol. The molecule has 0 saturated carbocycles. The summed E-state index contributed by atoms with van der Waals surface area (Å²) in [7, 11) is 0. The Labute approximate surface area is 102 Å². The first-order valence-electron chi connectivity index (χ1n) is 4.98. The summed E-state index contributed by atoms with van der Waals surface area (Å²) in [6.45, 7) is 0.452. The van der Waals surface area contributed by atoms with Crippen LogP contribution in [0.3, 0.4) is 0 Å². The topological polar surface area (TPSA) is 63.5 Å². The van der Waals surface area contributed by atoms with Crippen LogP contribution >= 0.6 is 11.8 Å². The Kier molecular flexibility index (Phi) is 3.43. The molecule has 5 nitrogen and oxygen atoms in total. The van der Waals surface area contributed by atoms with E-state index in [0.29, 0.717) is 12.3 Å². The number of amides is 1. The number of benzene rings is 1. The maximum Gasteiger partial charge on any atom is 0.269 e. The zero-order valence-electron chi connectivity index (χ0n) is 8.91. The van der Waals surface area contributed by atoms with Crippen molar-refractivity contribution in [3.05, 3.63) is 51.6 Å². The molecule has 0 fully saturated rings. The van der Waals surface area contributed by atoms with E-state index < -0.39 is 4.92 Å². The molecule has 0 spiro atoms. The van der Waals surface area contributed by atoms with E-state index in [2.05, 4.69) is 0 Å². The highest BCUT2D eigenvalue weighted by Crippen LogP contribution is 2.17. The molecule has 1 aliphatic heterocycles. The molecule has 17 heavy (non-hydrogen) atoms. The summed E-state index contributed by atoms with van der Waals surface area (Å²) in [4.78, 5) is 23.2. The molecule has 0 aromatic heterocycles. The predicted octanol–water partition coefficient (Wildman–Crippen LogP) is 2.14. The van der Waals surface area contributed by atoms with E-state index in [4.69, 9.17) is 0 Å². The third-order valence-corrected chi connectivity index (χ3v) is 3.09. The van der Waals surface area contributed by atoms with E-state index in [-0.39, 0.29) is 11.6 Å². The molecular formula is C11H10N2O3S. The van der Waals surface area contributed by atoms with Crippen molar-refractivity contribution in [2.75, 3.05) is 5.75 Å². The first kappa shape index (κ1) is 11.7. The number of nitro benzene ring substituents is 1. The smallest absolute Gasteiger partial charge is 0.269 e. The first-order valence-corrected chi connectivity index (χ1v) is 6.03. The van der Waals surface area contributed by atoms with Gasteiger partial charge in [-0.25, -0.2) is 0 Å². The number of nitro groups is 1. The van der Waals surface area contributed by atoms with Crippen LogP contribution in [0.5, 0.6) is 0 Å². The van der Waals surface area contributed by atoms with E-state index in [9.17, 15) is 14.9 Å². The largest absolute Gasteiger partial charge is 0.313 e. The van der Waals surface area contributed by atoms with Gasteiger partial charge in [-0.2, -0.15) is 0 Å². The van der Waals surface area contributed by atoms with Crippen molar-refractivity contribution in [3.8, 4) is 0 Å². The van der Waals surface area contributed by atoms with Gasteiger partial charge in [-0.05, 0) is 11.0 Å². The Morgan fingerprint density at radius 1 is 1.35 bits per heavy atom. The van der Waals surface area contributed by atoms with Crippen molar-refractivity contribution in [1.82, 2.24) is 4.90 Å². The molecule has 0 unspecified atom stereocenters. The van der Waals surface area contributed by atoms with Crippen LogP contribution in [0.4, 0.5) is 5.69 Å². The fourth-order valence-electron chi connectivity index (χ4n) is 1.46. The quantitative estimate of drug-likeness (QED) is 0.609. The van der Waals surface area contributed by atoms with Gasteiger partial charge in [-0.15, -0.1) is 11.8 Å². The average Bonchev–Trinajstić information content (AvgIpc) is 2.33. The third kappa shape index (κ3) is 2.85. The molecule has 1 aromatic carbocycles. The van der Waals surface area contributed by atoms with Crippen LogP contribution in [0.25, 0.3) is 0 Å². The molecule has 1 aliphatic rings. The Morgan fingerprint density at radius 3 is 2.65 bits per heavy atom. The Balaban J connectivity index is 2.08. The number of nitrogens with zero attached hydrogens (tertiary/aromatic N) is 2. The summed E-state index contributed by atoms with van der Waals surface area (Å²) in [6, 6.07) is 6.23. The van der Waals surface area contributed by atoms with Crippen LogP contribution in [-0.2, 0) is 11.3 Å². The number of rotatable bonds is 3. The van der Waals surface area contributed by atoms with Gasteiger partial charge in [0.05, 0.1) is 17.2 Å². The summed E-state index contributed by atoms with van der Waals surface area (Å²) < 4.78 is 0. The molecule has 0 atom stereocenters. The molecule has 0 saturated heterocycles. The summed E-state index contributed by atoms with van der Waals surface area (Å²) in [5, 5.41) is 12.3. The highest BCUT2D eigenvalue weighted by molar-refractivity contribution is 8.02. The fraction of sp³-hybridized carbons (Fsp3) is 0.182. The number of carbonyl (C=O) groups is 1. The Morgan fingerprint density at radius 2 is 2.06 bits per heavy atom. The number of hydrogen-bond acceptors (Lipinski definition) is 4. The summed E-state index contributed by atoms with van der Waals surface area (Å²) >= 11 is 1.46. The molecule has 2 rings (SSSR count). The van der Waals surface area contributed by atoms with E-state index in [1.807, 2.05) is 5.41 Å². The molecule has 88 valence electrons. The van der Waals surface area contributed by atoms with E-state index in [1.165, 1.54) is 23.9 Å². The SMILES string of the molecule is O=C1CSC=CN1Cc1ccc([N+](=O)[O-])cc1. The van der Waals surface area contributed by atoms with Crippen LogP contribution in [0.15, 0.2) is 35.9 Å². The monoisotopic (exact) mass is 250 g/mol. The number of thioether (sulfide) groups is 1. The molecule has 1 aromatic rings. The minimum Gasteiger partial charge on any atom is -0.313 e. The van der Waals surface area contributed by atoms with Crippen molar-refractivity contribution < 1.29 is 9.72 Å². The van der Waals surface area contributed by atoms with Gasteiger partial charge in [0.15, 0.2) is 0 Å². The van der Waals surface area contributed by atoms with Crippen molar-refractivity contribution in [2.45, 2.75) is 6.54 Å². The van der Waals surface area contributed by atoms with E-state index >= 15 is 0 Å². The van der Waals surface area contributed by atoms with E-state index in [0.717, 1.165) is 5.56 Å². The first-order chi connectivity index (χ1) is 8.16. The number of non-ortho nitro benzene ring substituents is 1. The van der Waals surface area contributed by atoms with Crippen LogP contribution in [0, 0.1) is 10.1 Å². The lowest BCUT2D eigenvalue weighted by Crippen LogP contribution is -2.28. The standard InChI is InChI=1S/C11H10N2O3S/c14-11-8-17-6-5-12(11)7-9-1-3-10(4-2-9)13(15)16/h1-6H,7-8H2. The number of carbonyl (C=O) groups excluding carboxylic acids is 1. The molecule has 1 amide bonds. The Bertz CT molecular complexity index is 470. The van der Waals surface area contributed by atoms with Gasteiger partial charge in [0, 0.05) is 18.3 Å². The third-order valence-electron chi connectivity index (χ3n) is 2.36. The van der Waals surface area contributed by atoms with Gasteiger partial charge in [0.1, 0.15) is 0 Å². The van der Waals surface area contributed by atoms with Gasteiger partial charge in [0.25, 0.3) is 5.69 Å². The highest BCUT2D eigenvalue weighted by atomic mass is 32.2. The summed E-state index contributed by atoms with van der Waals surface area (Å²) in [5.41, 5.74) is 0.935. The lowest BCUT2D eigenvalue weighted by Gasteiger charge is -2.20. The minimum atomic E-state index is -0.438. The van der Waals surface area contributed by atoms with Crippen molar-refractivity contribution in [3.63, 3.8) is 0 Å². The van der Waals surface area contributed by atoms with Crippen molar-refractivity contribution >= 4 is 23.4 Å². The second-order valence-electron chi connectivity index (χ2n) is 3.54. The lowest BCUT2D eigenvalue weighted by atomic mass is 10.2. The Hall–Kier alpha value is -1.82. The minimum absolute atomic E-state index is 0.0517. The molecule has 0 bridgehead atoms. The molecule has 1 heterocycles. The van der Waals surface area contributed by atoms with Gasteiger partial charge in [-0.3, -0.25) is 14.9 Å². The van der Waals surface area contributed by atoms with Gasteiger partial charge in [0.2, 0.25) is 5.91 Å². The zero-order valence-corrected chi connectivity index (χ0v) is 9.72. The zero-order chi connectivity index (χ0) is 12.3. The van der Waals surface area contributed by atoms with Gasteiger partial charge >= 0.3 is 0 Å². The second-order valence-corrected chi connectivity index (χ2v) is 4.44. The van der Waals surface area contributed by atoms with Crippen LogP contribution < -0.4 is 0 Å². The molecule has 0 N–H and O–H groups in total. The summed E-state index contributed by atoms with van der Waals surface area (Å²) in [6.07, 6.45) is 1.73. The molecule has 0 radical (unpaired) electrons. The van der Waals surface area contributed by atoms with Gasteiger partial charge < -0.3 is 4.90 Å². The van der Waals surface area contributed by atoms with Crippen LogP contribution in [0.2, 0.25) is 0 Å². The van der Waals surface area contributed by atoms with Crippen molar-refractivity contribution in [1.29, 1.82) is 0 Å². The normalized spacial score (nSPS) is 15.1. The maximum atomic E-state index is 11.5. The molecule has 6 heteroatoms. The summed E-state index contributed by atoms with van der Waals surface area (Å²) in [5.74, 6) is 0.500. The average molecular weight is 250 g/mol. The van der Waals surface area contributed by atoms with Crippen LogP contribution in [-0.4, -0.2) is 21.5 Å².